The van der Waals surface area contributed by atoms with Crippen LogP contribution in [0.2, 0.25) is 0 Å². The largest absolute Gasteiger partial charge is 0.461 e. The summed E-state index contributed by atoms with van der Waals surface area (Å²) in [5.41, 5.74) is -0.645. The SMILES string of the molecule is CCn1c(SCCC(C)(C)O)nnc1-c1ccco1. The second kappa shape index (κ2) is 5.79. The van der Waals surface area contributed by atoms with Gasteiger partial charge < -0.3 is 9.52 Å². The van der Waals surface area contributed by atoms with Gasteiger partial charge in [0.2, 0.25) is 0 Å². The van der Waals surface area contributed by atoms with Crippen LogP contribution in [0.15, 0.2) is 28.0 Å². The third-order valence-electron chi connectivity index (χ3n) is 2.72. The van der Waals surface area contributed by atoms with Crippen LogP contribution in [-0.2, 0) is 6.54 Å². The zero-order valence-electron chi connectivity index (χ0n) is 11.5. The molecule has 0 saturated carbocycles. The molecule has 19 heavy (non-hydrogen) atoms. The first-order valence-electron chi connectivity index (χ1n) is 6.33. The minimum Gasteiger partial charge on any atom is -0.461 e. The van der Waals surface area contributed by atoms with Crippen LogP contribution in [0.5, 0.6) is 0 Å². The number of nitrogens with zero attached hydrogens (tertiary/aromatic N) is 3. The molecule has 2 aromatic rings. The first-order chi connectivity index (χ1) is 9.01. The summed E-state index contributed by atoms with van der Waals surface area (Å²) in [4.78, 5) is 0. The third kappa shape index (κ3) is 3.61. The van der Waals surface area contributed by atoms with Gasteiger partial charge in [-0.1, -0.05) is 11.8 Å². The van der Waals surface area contributed by atoms with Gasteiger partial charge in [-0.3, -0.25) is 4.57 Å². The van der Waals surface area contributed by atoms with E-state index < -0.39 is 5.60 Å². The molecule has 0 unspecified atom stereocenters. The van der Waals surface area contributed by atoms with Crippen molar-refractivity contribution in [1.82, 2.24) is 14.8 Å². The molecule has 0 spiro atoms. The van der Waals surface area contributed by atoms with Crippen molar-refractivity contribution in [1.29, 1.82) is 0 Å². The standard InChI is InChI=1S/C13H19N3O2S/c1-4-16-11(10-6-5-8-18-10)14-15-12(16)19-9-7-13(2,3)17/h5-6,8,17H,4,7,9H2,1-3H3. The maximum Gasteiger partial charge on any atom is 0.200 e. The minimum atomic E-state index is -0.645. The van der Waals surface area contributed by atoms with Crippen LogP contribution in [0.3, 0.4) is 0 Å². The normalized spacial score (nSPS) is 12.0. The Hall–Kier alpha value is -1.27. The average Bonchev–Trinajstić information content (AvgIpc) is 2.94. The zero-order chi connectivity index (χ0) is 13.9. The lowest BCUT2D eigenvalue weighted by Gasteiger charge is -2.15. The topological polar surface area (TPSA) is 64.1 Å². The van der Waals surface area contributed by atoms with Crippen molar-refractivity contribution in [2.45, 2.75) is 44.5 Å². The Balaban J connectivity index is 2.10. The molecular weight excluding hydrogens is 262 g/mol. The maximum atomic E-state index is 9.71. The average molecular weight is 281 g/mol. The lowest BCUT2D eigenvalue weighted by Crippen LogP contribution is -2.19. The van der Waals surface area contributed by atoms with Crippen molar-refractivity contribution in [3.63, 3.8) is 0 Å². The number of hydrogen-bond acceptors (Lipinski definition) is 5. The summed E-state index contributed by atoms with van der Waals surface area (Å²) in [6, 6.07) is 3.71. The molecule has 0 radical (unpaired) electrons. The van der Waals surface area contributed by atoms with Gasteiger partial charge in [-0.25, -0.2) is 0 Å². The third-order valence-corrected chi connectivity index (χ3v) is 3.69. The molecule has 0 aromatic carbocycles. The van der Waals surface area contributed by atoms with Crippen molar-refractivity contribution in [3.05, 3.63) is 18.4 Å². The molecular formula is C13H19N3O2S. The predicted octanol–water partition coefficient (Wildman–Crippen LogP) is 2.81. The number of hydrogen-bond donors (Lipinski definition) is 1. The lowest BCUT2D eigenvalue weighted by atomic mass is 10.1. The van der Waals surface area contributed by atoms with Crippen LogP contribution in [0.1, 0.15) is 27.2 Å². The van der Waals surface area contributed by atoms with Crippen molar-refractivity contribution >= 4 is 11.8 Å². The molecule has 0 bridgehead atoms. The molecule has 2 rings (SSSR count). The van der Waals surface area contributed by atoms with Gasteiger partial charge in [-0.05, 0) is 39.3 Å². The summed E-state index contributed by atoms with van der Waals surface area (Å²) in [7, 11) is 0. The van der Waals surface area contributed by atoms with Gasteiger partial charge in [0.15, 0.2) is 16.7 Å². The predicted molar refractivity (Wildman–Crippen MR) is 75.0 cm³/mol. The fourth-order valence-corrected chi connectivity index (χ4v) is 2.91. The van der Waals surface area contributed by atoms with E-state index in [4.69, 9.17) is 4.42 Å². The number of aromatic nitrogens is 3. The molecule has 0 aliphatic carbocycles. The molecule has 0 aliphatic heterocycles. The summed E-state index contributed by atoms with van der Waals surface area (Å²) >= 11 is 1.60. The zero-order valence-corrected chi connectivity index (χ0v) is 12.3. The van der Waals surface area contributed by atoms with E-state index in [0.717, 1.165) is 29.0 Å². The Morgan fingerprint density at radius 2 is 2.21 bits per heavy atom. The highest BCUT2D eigenvalue weighted by atomic mass is 32.2. The summed E-state index contributed by atoms with van der Waals surface area (Å²) in [6.45, 7) is 6.46. The number of rotatable bonds is 6. The fourth-order valence-electron chi connectivity index (χ4n) is 1.66. The van der Waals surface area contributed by atoms with Crippen LogP contribution in [0.4, 0.5) is 0 Å². The van der Waals surface area contributed by atoms with Crippen molar-refractivity contribution in [2.24, 2.45) is 0 Å². The molecule has 2 heterocycles. The Bertz CT molecular complexity index is 514. The van der Waals surface area contributed by atoms with Gasteiger partial charge in [0, 0.05) is 12.3 Å². The molecule has 0 fully saturated rings. The molecule has 1 N–H and O–H groups in total. The van der Waals surface area contributed by atoms with Gasteiger partial charge in [0.25, 0.3) is 0 Å². The van der Waals surface area contributed by atoms with E-state index in [2.05, 4.69) is 17.1 Å². The second-order valence-corrected chi connectivity index (χ2v) is 6.00. The van der Waals surface area contributed by atoms with E-state index in [1.807, 2.05) is 30.5 Å². The number of furan rings is 1. The molecule has 2 aromatic heterocycles. The van der Waals surface area contributed by atoms with Gasteiger partial charge in [-0.2, -0.15) is 0 Å². The Kier molecular flexibility index (Phi) is 4.31. The summed E-state index contributed by atoms with van der Waals surface area (Å²) in [5, 5.41) is 18.9. The van der Waals surface area contributed by atoms with E-state index in [1.165, 1.54) is 0 Å². The number of aliphatic hydroxyl groups is 1. The molecule has 6 heteroatoms. The Morgan fingerprint density at radius 3 is 2.79 bits per heavy atom. The molecule has 104 valence electrons. The van der Waals surface area contributed by atoms with Crippen LogP contribution < -0.4 is 0 Å². The lowest BCUT2D eigenvalue weighted by molar-refractivity contribution is 0.0777. The molecule has 0 saturated heterocycles. The van der Waals surface area contributed by atoms with Crippen molar-refractivity contribution in [3.8, 4) is 11.6 Å². The van der Waals surface area contributed by atoms with E-state index in [-0.39, 0.29) is 0 Å². The quantitative estimate of drug-likeness (QED) is 0.825. The van der Waals surface area contributed by atoms with Crippen molar-refractivity contribution < 1.29 is 9.52 Å². The van der Waals surface area contributed by atoms with Gasteiger partial charge >= 0.3 is 0 Å². The molecule has 0 amide bonds. The molecule has 0 atom stereocenters. The molecule has 5 nitrogen and oxygen atoms in total. The van der Waals surface area contributed by atoms with Gasteiger partial charge in [0.1, 0.15) is 0 Å². The highest BCUT2D eigenvalue weighted by Gasteiger charge is 2.17. The van der Waals surface area contributed by atoms with E-state index in [1.54, 1.807) is 18.0 Å². The highest BCUT2D eigenvalue weighted by molar-refractivity contribution is 7.99. The summed E-state index contributed by atoms with van der Waals surface area (Å²) < 4.78 is 7.38. The van der Waals surface area contributed by atoms with Gasteiger partial charge in [0.05, 0.1) is 11.9 Å². The smallest absolute Gasteiger partial charge is 0.200 e. The van der Waals surface area contributed by atoms with Gasteiger partial charge in [-0.15, -0.1) is 10.2 Å². The fraction of sp³-hybridized carbons (Fsp3) is 0.538. The summed E-state index contributed by atoms with van der Waals surface area (Å²) in [5.74, 6) is 2.28. The Morgan fingerprint density at radius 1 is 1.42 bits per heavy atom. The minimum absolute atomic E-state index is 0.645. The maximum absolute atomic E-state index is 9.71. The van der Waals surface area contributed by atoms with Crippen LogP contribution >= 0.6 is 11.8 Å². The van der Waals surface area contributed by atoms with E-state index in [0.29, 0.717) is 6.42 Å². The molecule has 0 aliphatic rings. The van der Waals surface area contributed by atoms with Crippen LogP contribution in [0.25, 0.3) is 11.6 Å². The van der Waals surface area contributed by atoms with Crippen LogP contribution in [-0.4, -0.2) is 31.2 Å². The highest BCUT2D eigenvalue weighted by Crippen LogP contribution is 2.25. The van der Waals surface area contributed by atoms with E-state index in [9.17, 15) is 5.11 Å². The second-order valence-electron chi connectivity index (χ2n) is 4.94. The van der Waals surface area contributed by atoms with E-state index >= 15 is 0 Å². The van der Waals surface area contributed by atoms with Crippen LogP contribution in [0, 0.1) is 0 Å². The monoisotopic (exact) mass is 281 g/mol. The first-order valence-corrected chi connectivity index (χ1v) is 7.32. The summed E-state index contributed by atoms with van der Waals surface area (Å²) in [6.07, 6.45) is 2.34. The number of thioether (sulfide) groups is 1. The Labute approximate surface area is 117 Å². The first kappa shape index (κ1) is 14.1. The van der Waals surface area contributed by atoms with Crippen molar-refractivity contribution in [2.75, 3.05) is 5.75 Å².